The van der Waals surface area contributed by atoms with Crippen LogP contribution in [0.15, 0.2) is 29.2 Å². The molecule has 1 heterocycles. The Morgan fingerprint density at radius 1 is 1.43 bits per heavy atom. The molecule has 0 bridgehead atoms. The second-order valence-electron chi connectivity index (χ2n) is 7.05. The number of primary amides is 1. The monoisotopic (exact) mass is 415 g/mol. The fourth-order valence-electron chi connectivity index (χ4n) is 3.04. The summed E-state index contributed by atoms with van der Waals surface area (Å²) < 4.78 is 40.0. The molecule has 0 radical (unpaired) electrons. The standard InChI is InChI=1S/C18H26FN3O5S/c1-12(18(20)25)7-8-17(24)21-15-6-3-9-22(11-16(15)23)28(26,27)14-5-2-4-13(19)10-14/h2,4-5,10,12,15-16,23H,3,6-9,11H2,1H3,(H2,20,25)(H,21,24)/t12?,15?,16-/m0/s1. The van der Waals surface area contributed by atoms with Crippen LogP contribution < -0.4 is 11.1 Å². The van der Waals surface area contributed by atoms with Crippen LogP contribution in [-0.2, 0) is 19.6 Å². The Morgan fingerprint density at radius 3 is 2.79 bits per heavy atom. The number of hydrogen-bond donors (Lipinski definition) is 3. The minimum atomic E-state index is -3.95. The van der Waals surface area contributed by atoms with Crippen molar-refractivity contribution in [2.45, 2.75) is 49.6 Å². The Bertz CT molecular complexity index is 817. The number of amides is 2. The first-order valence-corrected chi connectivity index (χ1v) is 10.6. The highest BCUT2D eigenvalue weighted by Gasteiger charge is 2.33. The van der Waals surface area contributed by atoms with Gasteiger partial charge in [0.2, 0.25) is 21.8 Å². The summed E-state index contributed by atoms with van der Waals surface area (Å²) in [5.41, 5.74) is 5.17. The van der Waals surface area contributed by atoms with E-state index in [1.165, 1.54) is 12.1 Å². The lowest BCUT2D eigenvalue weighted by atomic mass is 10.0. The zero-order chi connectivity index (χ0) is 20.9. The minimum Gasteiger partial charge on any atom is -0.390 e. The molecule has 1 aliphatic rings. The van der Waals surface area contributed by atoms with E-state index in [0.717, 1.165) is 16.4 Å². The van der Waals surface area contributed by atoms with E-state index in [0.29, 0.717) is 19.3 Å². The first-order chi connectivity index (χ1) is 13.1. The summed E-state index contributed by atoms with van der Waals surface area (Å²) in [6.45, 7) is 1.58. The lowest BCUT2D eigenvalue weighted by Crippen LogP contribution is -2.47. The minimum absolute atomic E-state index is 0.0820. The molecule has 0 spiro atoms. The molecule has 0 aliphatic carbocycles. The number of aliphatic hydroxyl groups excluding tert-OH is 1. The van der Waals surface area contributed by atoms with Crippen LogP contribution in [0.3, 0.4) is 0 Å². The van der Waals surface area contributed by atoms with Crippen molar-refractivity contribution >= 4 is 21.8 Å². The average Bonchev–Trinajstić information content (AvgIpc) is 2.81. The number of rotatable bonds is 7. The second-order valence-corrected chi connectivity index (χ2v) is 8.98. The van der Waals surface area contributed by atoms with Crippen LogP contribution in [0.1, 0.15) is 32.6 Å². The highest BCUT2D eigenvalue weighted by Crippen LogP contribution is 2.21. The summed E-state index contributed by atoms with van der Waals surface area (Å²) in [5, 5.41) is 13.1. The molecule has 8 nitrogen and oxygen atoms in total. The van der Waals surface area contributed by atoms with Gasteiger partial charge in [0.05, 0.1) is 17.0 Å². The van der Waals surface area contributed by atoms with Crippen molar-refractivity contribution in [1.82, 2.24) is 9.62 Å². The van der Waals surface area contributed by atoms with Crippen LogP contribution in [0, 0.1) is 11.7 Å². The zero-order valence-electron chi connectivity index (χ0n) is 15.7. The molecular weight excluding hydrogens is 389 g/mol. The fourth-order valence-corrected chi connectivity index (χ4v) is 4.57. The maximum atomic E-state index is 13.4. The number of aliphatic hydroxyl groups is 1. The van der Waals surface area contributed by atoms with Crippen molar-refractivity contribution in [2.24, 2.45) is 11.7 Å². The Kier molecular flexibility index (Phi) is 7.50. The largest absolute Gasteiger partial charge is 0.390 e. The topological polar surface area (TPSA) is 130 Å². The van der Waals surface area contributed by atoms with Gasteiger partial charge in [-0.3, -0.25) is 9.59 Å². The van der Waals surface area contributed by atoms with E-state index < -0.39 is 39.8 Å². The first kappa shape index (κ1) is 22.3. The lowest BCUT2D eigenvalue weighted by molar-refractivity contribution is -0.124. The van der Waals surface area contributed by atoms with Crippen molar-refractivity contribution in [3.8, 4) is 0 Å². The zero-order valence-corrected chi connectivity index (χ0v) is 16.5. The molecule has 2 unspecified atom stereocenters. The third-order valence-corrected chi connectivity index (χ3v) is 6.71. The molecule has 0 saturated carbocycles. The molecule has 28 heavy (non-hydrogen) atoms. The van der Waals surface area contributed by atoms with Crippen LogP contribution in [0.4, 0.5) is 4.39 Å². The van der Waals surface area contributed by atoms with E-state index in [4.69, 9.17) is 5.73 Å². The molecule has 156 valence electrons. The summed E-state index contributed by atoms with van der Waals surface area (Å²) >= 11 is 0. The normalized spacial score (nSPS) is 22.2. The Balaban J connectivity index is 2.00. The van der Waals surface area contributed by atoms with Crippen molar-refractivity contribution in [3.05, 3.63) is 30.1 Å². The molecule has 1 aromatic carbocycles. The van der Waals surface area contributed by atoms with Gasteiger partial charge in [-0.15, -0.1) is 0 Å². The van der Waals surface area contributed by atoms with Crippen LogP contribution >= 0.6 is 0 Å². The van der Waals surface area contributed by atoms with Crippen molar-refractivity contribution in [1.29, 1.82) is 0 Å². The van der Waals surface area contributed by atoms with E-state index in [-0.39, 0.29) is 30.3 Å². The van der Waals surface area contributed by atoms with E-state index in [1.807, 2.05) is 0 Å². The molecular formula is C18H26FN3O5S. The summed E-state index contributed by atoms with van der Waals surface area (Å²) in [6, 6.07) is 4.10. The van der Waals surface area contributed by atoms with Gasteiger partial charge in [-0.1, -0.05) is 13.0 Å². The third-order valence-electron chi connectivity index (χ3n) is 4.85. The smallest absolute Gasteiger partial charge is 0.243 e. The number of carbonyl (C=O) groups is 2. The SMILES string of the molecule is CC(CCC(=O)NC1CCCN(S(=O)(=O)c2cccc(F)c2)C[C@@H]1O)C(N)=O. The van der Waals surface area contributed by atoms with E-state index >= 15 is 0 Å². The van der Waals surface area contributed by atoms with E-state index in [9.17, 15) is 27.5 Å². The number of benzene rings is 1. The van der Waals surface area contributed by atoms with Gasteiger partial charge in [0.1, 0.15) is 5.82 Å². The molecule has 10 heteroatoms. The van der Waals surface area contributed by atoms with Crippen LogP contribution in [-0.4, -0.2) is 54.9 Å². The van der Waals surface area contributed by atoms with Gasteiger partial charge in [-0.05, 0) is 37.5 Å². The van der Waals surface area contributed by atoms with Gasteiger partial charge in [-0.2, -0.15) is 4.31 Å². The quantitative estimate of drug-likeness (QED) is 0.592. The number of nitrogens with one attached hydrogen (secondary N) is 1. The molecule has 1 fully saturated rings. The Morgan fingerprint density at radius 2 is 2.14 bits per heavy atom. The van der Waals surface area contributed by atoms with Gasteiger partial charge >= 0.3 is 0 Å². The molecule has 1 saturated heterocycles. The van der Waals surface area contributed by atoms with Gasteiger partial charge in [-0.25, -0.2) is 12.8 Å². The molecule has 1 aromatic rings. The average molecular weight is 415 g/mol. The number of nitrogens with two attached hydrogens (primary N) is 1. The van der Waals surface area contributed by atoms with Crippen molar-refractivity contribution in [3.63, 3.8) is 0 Å². The van der Waals surface area contributed by atoms with Crippen molar-refractivity contribution in [2.75, 3.05) is 13.1 Å². The third kappa shape index (κ3) is 5.73. The molecule has 0 aromatic heterocycles. The Hall–Kier alpha value is -2.04. The number of halogens is 1. The van der Waals surface area contributed by atoms with Crippen LogP contribution in [0.2, 0.25) is 0 Å². The Labute approximate surface area is 163 Å². The molecule has 1 aliphatic heterocycles. The number of nitrogens with zero attached hydrogens (tertiary/aromatic N) is 1. The molecule has 3 atom stereocenters. The summed E-state index contributed by atoms with van der Waals surface area (Å²) in [6.07, 6.45) is 0.0908. The van der Waals surface area contributed by atoms with Crippen molar-refractivity contribution < 1.29 is 27.5 Å². The van der Waals surface area contributed by atoms with Gasteiger partial charge in [0.15, 0.2) is 0 Å². The predicted octanol–water partition coefficient (Wildman–Crippen LogP) is 0.358. The molecule has 2 rings (SSSR count). The first-order valence-electron chi connectivity index (χ1n) is 9.13. The number of hydrogen-bond acceptors (Lipinski definition) is 5. The number of β-amino-alcohol motifs (C(OH)–C–C–N with tert-alkyl or cyclic N) is 1. The maximum absolute atomic E-state index is 13.4. The van der Waals surface area contributed by atoms with Gasteiger partial charge < -0.3 is 16.2 Å². The lowest BCUT2D eigenvalue weighted by Gasteiger charge is -2.25. The highest BCUT2D eigenvalue weighted by molar-refractivity contribution is 7.89. The summed E-state index contributed by atoms with van der Waals surface area (Å²) in [4.78, 5) is 22.9. The van der Waals surface area contributed by atoms with E-state index in [2.05, 4.69) is 5.32 Å². The fraction of sp³-hybridized carbons (Fsp3) is 0.556. The van der Waals surface area contributed by atoms with Crippen LogP contribution in [0.25, 0.3) is 0 Å². The number of carbonyl (C=O) groups excluding carboxylic acids is 2. The maximum Gasteiger partial charge on any atom is 0.243 e. The second kappa shape index (κ2) is 9.44. The summed E-state index contributed by atoms with van der Waals surface area (Å²) in [5.74, 6) is -1.91. The molecule has 4 N–H and O–H groups in total. The predicted molar refractivity (Wildman–Crippen MR) is 99.9 cm³/mol. The summed E-state index contributed by atoms with van der Waals surface area (Å²) in [7, 11) is -3.95. The van der Waals surface area contributed by atoms with E-state index in [1.54, 1.807) is 6.92 Å². The number of sulfonamides is 1. The van der Waals surface area contributed by atoms with Gasteiger partial charge in [0.25, 0.3) is 0 Å². The highest BCUT2D eigenvalue weighted by atomic mass is 32.2. The van der Waals surface area contributed by atoms with Crippen LogP contribution in [0.5, 0.6) is 0 Å². The van der Waals surface area contributed by atoms with Gasteiger partial charge in [0, 0.05) is 25.4 Å². The molecule has 2 amide bonds.